The SMILES string of the molecule is NNC(c1cccc2ccsc12)C(C(F)(F)F)C(F)(F)F. The zero-order valence-electron chi connectivity index (χ0n) is 10.3. The lowest BCUT2D eigenvalue weighted by molar-refractivity contribution is -0.292. The number of halogens is 6. The second-order valence-electron chi connectivity index (χ2n) is 4.39. The van der Waals surface area contributed by atoms with Gasteiger partial charge in [-0.1, -0.05) is 18.2 Å². The number of hydrazine groups is 1. The van der Waals surface area contributed by atoms with E-state index in [1.54, 1.807) is 22.9 Å². The van der Waals surface area contributed by atoms with Crippen molar-refractivity contribution < 1.29 is 26.3 Å². The zero-order valence-corrected chi connectivity index (χ0v) is 11.1. The third-order valence-corrected chi connectivity index (χ3v) is 4.04. The van der Waals surface area contributed by atoms with Gasteiger partial charge in [-0.2, -0.15) is 26.3 Å². The second-order valence-corrected chi connectivity index (χ2v) is 5.31. The van der Waals surface area contributed by atoms with Gasteiger partial charge in [-0.3, -0.25) is 11.3 Å². The maximum Gasteiger partial charge on any atom is 0.402 e. The Bertz CT molecular complexity index is 604. The first-order valence-electron chi connectivity index (χ1n) is 5.72. The Morgan fingerprint density at radius 2 is 1.62 bits per heavy atom. The van der Waals surface area contributed by atoms with Gasteiger partial charge < -0.3 is 0 Å². The van der Waals surface area contributed by atoms with Gasteiger partial charge in [0.15, 0.2) is 5.92 Å². The molecule has 0 saturated heterocycles. The minimum Gasteiger partial charge on any atom is -0.271 e. The van der Waals surface area contributed by atoms with E-state index < -0.39 is 24.3 Å². The van der Waals surface area contributed by atoms with Gasteiger partial charge in [0.1, 0.15) is 0 Å². The first kappa shape index (κ1) is 16.1. The minimum atomic E-state index is -5.46. The summed E-state index contributed by atoms with van der Waals surface area (Å²) < 4.78 is 77.5. The molecule has 9 heteroatoms. The van der Waals surface area contributed by atoms with Gasteiger partial charge in [0, 0.05) is 4.70 Å². The van der Waals surface area contributed by atoms with Crippen molar-refractivity contribution in [1.29, 1.82) is 0 Å². The smallest absolute Gasteiger partial charge is 0.271 e. The predicted molar refractivity (Wildman–Crippen MR) is 67.5 cm³/mol. The first-order chi connectivity index (χ1) is 9.66. The molecule has 1 heterocycles. The Balaban J connectivity index is 2.58. The predicted octanol–water partition coefficient (Wildman–Crippen LogP) is 4.15. The van der Waals surface area contributed by atoms with E-state index in [0.717, 1.165) is 11.3 Å². The van der Waals surface area contributed by atoms with Crippen LogP contribution in [0.5, 0.6) is 0 Å². The standard InChI is InChI=1S/C12H10F6N2S/c13-11(14,15)10(12(16,17)18)8(20-19)7-3-1-2-6-4-5-21-9(6)7/h1-5,8,10,20H,19H2. The molecular formula is C12H10F6N2S. The topological polar surface area (TPSA) is 38.0 Å². The highest BCUT2D eigenvalue weighted by atomic mass is 32.1. The molecule has 2 nitrogen and oxygen atoms in total. The molecule has 0 spiro atoms. The Morgan fingerprint density at radius 1 is 1.00 bits per heavy atom. The molecule has 3 N–H and O–H groups in total. The Kier molecular flexibility index (Phi) is 4.18. The van der Waals surface area contributed by atoms with Crippen LogP contribution in [0.1, 0.15) is 11.6 Å². The number of thiophene rings is 1. The van der Waals surface area contributed by atoms with Crippen LogP contribution < -0.4 is 11.3 Å². The maximum atomic E-state index is 12.9. The normalized spacial score (nSPS) is 14.9. The summed E-state index contributed by atoms with van der Waals surface area (Å²) in [5, 5.41) is 2.17. The van der Waals surface area contributed by atoms with E-state index in [-0.39, 0.29) is 5.56 Å². The number of nitrogens with two attached hydrogens (primary N) is 1. The summed E-state index contributed by atoms with van der Waals surface area (Å²) in [5.41, 5.74) is 1.56. The fourth-order valence-electron chi connectivity index (χ4n) is 2.19. The van der Waals surface area contributed by atoms with Crippen LogP contribution in [-0.4, -0.2) is 12.4 Å². The third kappa shape index (κ3) is 3.14. The summed E-state index contributed by atoms with van der Waals surface area (Å²) in [6.07, 6.45) is -10.9. The average molecular weight is 328 g/mol. The van der Waals surface area contributed by atoms with Crippen molar-refractivity contribution in [3.05, 3.63) is 35.2 Å². The number of alkyl halides is 6. The first-order valence-corrected chi connectivity index (χ1v) is 6.60. The summed E-state index contributed by atoms with van der Waals surface area (Å²) >= 11 is 1.07. The lowest BCUT2D eigenvalue weighted by Gasteiger charge is -2.30. The molecule has 1 aromatic heterocycles. The van der Waals surface area contributed by atoms with Gasteiger partial charge >= 0.3 is 12.4 Å². The number of benzene rings is 1. The van der Waals surface area contributed by atoms with Crippen LogP contribution in [0.15, 0.2) is 29.6 Å². The van der Waals surface area contributed by atoms with Gasteiger partial charge in [-0.05, 0) is 22.4 Å². The highest BCUT2D eigenvalue weighted by molar-refractivity contribution is 7.17. The molecule has 0 fully saturated rings. The summed E-state index contributed by atoms with van der Waals surface area (Å²) in [6.45, 7) is 0. The van der Waals surface area contributed by atoms with Crippen LogP contribution in [-0.2, 0) is 0 Å². The van der Waals surface area contributed by atoms with E-state index in [1.165, 1.54) is 12.1 Å². The molecule has 1 unspecified atom stereocenters. The maximum absolute atomic E-state index is 12.9. The zero-order chi connectivity index (χ0) is 15.8. The Morgan fingerprint density at radius 3 is 2.14 bits per heavy atom. The summed E-state index contributed by atoms with van der Waals surface area (Å²) in [5.74, 6) is 1.43. The number of hydrogen-bond acceptors (Lipinski definition) is 3. The molecule has 0 aliphatic carbocycles. The van der Waals surface area contributed by atoms with E-state index >= 15 is 0 Å². The van der Waals surface area contributed by atoms with Gasteiger partial charge in [0.2, 0.25) is 0 Å². The van der Waals surface area contributed by atoms with Gasteiger partial charge in [-0.25, -0.2) is 0 Å². The number of nitrogens with one attached hydrogen (secondary N) is 1. The van der Waals surface area contributed by atoms with Crippen LogP contribution >= 0.6 is 11.3 Å². The summed E-state index contributed by atoms with van der Waals surface area (Å²) in [6, 6.07) is 3.74. The molecule has 0 aliphatic rings. The molecule has 2 rings (SSSR count). The minimum absolute atomic E-state index is 0.121. The van der Waals surface area contributed by atoms with Crippen molar-refractivity contribution >= 4 is 21.4 Å². The molecule has 0 aliphatic heterocycles. The highest BCUT2D eigenvalue weighted by Crippen LogP contribution is 2.47. The molecule has 0 bridgehead atoms. The third-order valence-electron chi connectivity index (χ3n) is 3.06. The number of hydrogen-bond donors (Lipinski definition) is 2. The van der Waals surface area contributed by atoms with E-state index in [0.29, 0.717) is 10.1 Å². The molecule has 21 heavy (non-hydrogen) atoms. The van der Waals surface area contributed by atoms with E-state index in [2.05, 4.69) is 0 Å². The molecular weight excluding hydrogens is 318 g/mol. The Labute approximate surface area is 119 Å². The van der Waals surface area contributed by atoms with Gasteiger partial charge in [-0.15, -0.1) is 11.3 Å². The van der Waals surface area contributed by atoms with Crippen LogP contribution in [0, 0.1) is 5.92 Å². The molecule has 0 amide bonds. The highest BCUT2D eigenvalue weighted by Gasteiger charge is 2.60. The van der Waals surface area contributed by atoms with Crippen LogP contribution in [0.25, 0.3) is 10.1 Å². The number of rotatable bonds is 3. The lowest BCUT2D eigenvalue weighted by atomic mass is 9.91. The van der Waals surface area contributed by atoms with Crippen LogP contribution in [0.3, 0.4) is 0 Å². The van der Waals surface area contributed by atoms with Gasteiger partial charge in [0.25, 0.3) is 0 Å². The van der Waals surface area contributed by atoms with Crippen molar-refractivity contribution in [2.75, 3.05) is 0 Å². The molecule has 1 atom stereocenters. The van der Waals surface area contributed by atoms with Crippen molar-refractivity contribution in [2.45, 2.75) is 18.4 Å². The second kappa shape index (κ2) is 5.47. The van der Waals surface area contributed by atoms with Crippen LogP contribution in [0.4, 0.5) is 26.3 Å². The van der Waals surface area contributed by atoms with Crippen molar-refractivity contribution in [1.82, 2.24) is 5.43 Å². The average Bonchev–Trinajstić information content (AvgIpc) is 2.80. The summed E-state index contributed by atoms with van der Waals surface area (Å²) in [4.78, 5) is 0. The van der Waals surface area contributed by atoms with E-state index in [1.807, 2.05) is 0 Å². The van der Waals surface area contributed by atoms with Crippen molar-refractivity contribution in [3.8, 4) is 0 Å². The molecule has 0 saturated carbocycles. The molecule has 1 aromatic carbocycles. The van der Waals surface area contributed by atoms with Gasteiger partial charge in [0.05, 0.1) is 6.04 Å². The number of fused-ring (bicyclic) bond motifs is 1. The quantitative estimate of drug-likeness (QED) is 0.505. The Hall–Kier alpha value is -1.32. The summed E-state index contributed by atoms with van der Waals surface area (Å²) in [7, 11) is 0. The largest absolute Gasteiger partial charge is 0.402 e. The fourth-order valence-corrected chi connectivity index (χ4v) is 3.14. The monoisotopic (exact) mass is 328 g/mol. The molecule has 0 radical (unpaired) electrons. The van der Waals surface area contributed by atoms with E-state index in [4.69, 9.17) is 5.84 Å². The molecule has 116 valence electrons. The fraction of sp³-hybridized carbons (Fsp3) is 0.333. The lowest BCUT2D eigenvalue weighted by Crippen LogP contribution is -2.47. The van der Waals surface area contributed by atoms with Crippen molar-refractivity contribution in [3.63, 3.8) is 0 Å². The molecule has 2 aromatic rings. The van der Waals surface area contributed by atoms with Crippen LogP contribution in [0.2, 0.25) is 0 Å². The van der Waals surface area contributed by atoms with Crippen molar-refractivity contribution in [2.24, 2.45) is 11.8 Å². The van der Waals surface area contributed by atoms with E-state index in [9.17, 15) is 26.3 Å².